The Bertz CT molecular complexity index is 537. The van der Waals surface area contributed by atoms with Gasteiger partial charge >= 0.3 is 5.97 Å². The van der Waals surface area contributed by atoms with Crippen molar-refractivity contribution < 1.29 is 14.3 Å². The van der Waals surface area contributed by atoms with Gasteiger partial charge in [-0.05, 0) is 34.6 Å². The molecule has 6 nitrogen and oxygen atoms in total. The summed E-state index contributed by atoms with van der Waals surface area (Å²) in [5.74, 6) is -0.231. The predicted molar refractivity (Wildman–Crippen MR) is 72.1 cm³/mol. The van der Waals surface area contributed by atoms with E-state index < -0.39 is 11.4 Å². The summed E-state index contributed by atoms with van der Waals surface area (Å²) >= 11 is 0. The average molecular weight is 277 g/mol. The lowest BCUT2D eigenvalue weighted by Gasteiger charge is -2.19. The first-order valence-corrected chi connectivity index (χ1v) is 6.44. The summed E-state index contributed by atoms with van der Waals surface area (Å²) in [5, 5.41) is 9.33. The lowest BCUT2D eigenvalue weighted by molar-refractivity contribution is -0.147. The van der Waals surface area contributed by atoms with Crippen molar-refractivity contribution in [3.05, 3.63) is 17.6 Å². The van der Waals surface area contributed by atoms with E-state index in [1.165, 1.54) is 6.92 Å². The zero-order chi connectivity index (χ0) is 15.3. The van der Waals surface area contributed by atoms with E-state index in [0.29, 0.717) is 11.6 Å². The van der Waals surface area contributed by atoms with Gasteiger partial charge in [-0.1, -0.05) is 0 Å². The summed E-state index contributed by atoms with van der Waals surface area (Å²) in [6.07, 6.45) is -0.0620. The van der Waals surface area contributed by atoms with E-state index in [0.717, 1.165) is 0 Å². The molecule has 108 valence electrons. The lowest BCUT2D eigenvalue weighted by Crippen LogP contribution is -2.35. The molecule has 0 radical (unpaired) electrons. The van der Waals surface area contributed by atoms with E-state index in [9.17, 15) is 10.1 Å². The monoisotopic (exact) mass is 277 g/mol. The number of nitrogens with zero attached hydrogens (tertiary/aromatic N) is 3. The van der Waals surface area contributed by atoms with E-state index in [4.69, 9.17) is 9.47 Å². The molecule has 0 aromatic carbocycles. The van der Waals surface area contributed by atoms with Crippen LogP contribution in [-0.2, 0) is 14.9 Å². The van der Waals surface area contributed by atoms with Gasteiger partial charge in [0.2, 0.25) is 11.3 Å². The smallest absolute Gasteiger partial charge is 0.334 e. The van der Waals surface area contributed by atoms with Gasteiger partial charge in [0.15, 0.2) is 5.82 Å². The Labute approximate surface area is 118 Å². The molecule has 0 saturated heterocycles. The maximum absolute atomic E-state index is 12.0. The van der Waals surface area contributed by atoms with Crippen LogP contribution in [0.3, 0.4) is 0 Å². The summed E-state index contributed by atoms with van der Waals surface area (Å²) in [6, 6.07) is 3.59. The Kier molecular flexibility index (Phi) is 5.03. The second-order valence-electron chi connectivity index (χ2n) is 4.80. The van der Waals surface area contributed by atoms with Gasteiger partial charge in [0, 0.05) is 11.8 Å². The third-order valence-electron chi connectivity index (χ3n) is 2.54. The van der Waals surface area contributed by atoms with Crippen LogP contribution in [0.5, 0.6) is 5.88 Å². The van der Waals surface area contributed by atoms with Crippen LogP contribution in [0, 0.1) is 18.3 Å². The van der Waals surface area contributed by atoms with Crippen molar-refractivity contribution in [3.8, 4) is 11.9 Å². The molecule has 1 atom stereocenters. The molecule has 0 aliphatic heterocycles. The van der Waals surface area contributed by atoms with E-state index in [1.54, 1.807) is 19.9 Å². The molecule has 1 heterocycles. The molecule has 1 unspecified atom stereocenters. The van der Waals surface area contributed by atoms with Gasteiger partial charge in [0.05, 0.1) is 18.8 Å². The van der Waals surface area contributed by atoms with Crippen LogP contribution in [0.4, 0.5) is 0 Å². The molecular weight excluding hydrogens is 258 g/mol. The highest BCUT2D eigenvalue weighted by Gasteiger charge is 2.41. The quantitative estimate of drug-likeness (QED) is 0.764. The fraction of sp³-hybridized carbons (Fsp3) is 0.571. The van der Waals surface area contributed by atoms with Crippen molar-refractivity contribution in [1.29, 1.82) is 5.26 Å². The van der Waals surface area contributed by atoms with E-state index in [-0.39, 0.29) is 18.5 Å². The van der Waals surface area contributed by atoms with Gasteiger partial charge in [0.1, 0.15) is 0 Å². The summed E-state index contributed by atoms with van der Waals surface area (Å²) in [4.78, 5) is 20.3. The minimum absolute atomic E-state index is 0.0620. The molecule has 0 fully saturated rings. The number of carbonyl (C=O) groups excluding carboxylic acids is 1. The predicted octanol–water partition coefficient (Wildman–Crippen LogP) is 1.92. The minimum Gasteiger partial charge on any atom is -0.475 e. The van der Waals surface area contributed by atoms with E-state index in [1.807, 2.05) is 19.9 Å². The number of nitriles is 1. The molecule has 0 aliphatic carbocycles. The first kappa shape index (κ1) is 15.9. The number of aryl methyl sites for hydroxylation is 1. The molecule has 0 amide bonds. The molecule has 6 heteroatoms. The van der Waals surface area contributed by atoms with E-state index in [2.05, 4.69) is 9.97 Å². The van der Waals surface area contributed by atoms with Gasteiger partial charge in [-0.25, -0.2) is 9.78 Å². The normalized spacial score (nSPS) is 13.4. The number of hydrogen-bond acceptors (Lipinski definition) is 6. The highest BCUT2D eigenvalue weighted by Crippen LogP contribution is 2.24. The minimum atomic E-state index is -1.54. The Morgan fingerprint density at radius 1 is 1.50 bits per heavy atom. The summed E-state index contributed by atoms with van der Waals surface area (Å²) in [6.45, 7) is 8.80. The Morgan fingerprint density at radius 3 is 2.65 bits per heavy atom. The van der Waals surface area contributed by atoms with Gasteiger partial charge < -0.3 is 9.47 Å². The van der Waals surface area contributed by atoms with Crippen LogP contribution in [0.2, 0.25) is 0 Å². The summed E-state index contributed by atoms with van der Waals surface area (Å²) < 4.78 is 10.4. The molecule has 1 aromatic rings. The number of esters is 1. The molecule has 0 spiro atoms. The van der Waals surface area contributed by atoms with Gasteiger partial charge in [-0.2, -0.15) is 10.2 Å². The van der Waals surface area contributed by atoms with Crippen LogP contribution >= 0.6 is 0 Å². The largest absolute Gasteiger partial charge is 0.475 e. The average Bonchev–Trinajstić information content (AvgIpc) is 2.36. The highest BCUT2D eigenvalue weighted by molar-refractivity contribution is 5.85. The molecule has 0 saturated carbocycles. The topological polar surface area (TPSA) is 85.1 Å². The van der Waals surface area contributed by atoms with Gasteiger partial charge in [0.25, 0.3) is 0 Å². The second kappa shape index (κ2) is 6.33. The first-order chi connectivity index (χ1) is 9.33. The van der Waals surface area contributed by atoms with Crippen LogP contribution < -0.4 is 4.74 Å². The SMILES string of the molecule is CCOC(=O)C(C)(C#N)c1nc(C)cc(OC(C)C)n1. The maximum Gasteiger partial charge on any atom is 0.334 e. The molecular formula is C14H19N3O3. The van der Waals surface area contributed by atoms with Gasteiger partial charge in [-0.3, -0.25) is 0 Å². The molecule has 20 heavy (non-hydrogen) atoms. The number of carbonyl (C=O) groups is 1. The Hall–Kier alpha value is -2.16. The van der Waals surface area contributed by atoms with Crippen molar-refractivity contribution >= 4 is 5.97 Å². The zero-order valence-corrected chi connectivity index (χ0v) is 12.4. The van der Waals surface area contributed by atoms with Crippen molar-refractivity contribution in [1.82, 2.24) is 9.97 Å². The number of hydrogen-bond donors (Lipinski definition) is 0. The van der Waals surface area contributed by atoms with E-state index >= 15 is 0 Å². The van der Waals surface area contributed by atoms with Crippen LogP contribution in [0.15, 0.2) is 6.07 Å². The molecule has 0 aliphatic rings. The van der Waals surface area contributed by atoms with Crippen molar-refractivity contribution in [3.63, 3.8) is 0 Å². The van der Waals surface area contributed by atoms with Crippen molar-refractivity contribution in [2.45, 2.75) is 46.1 Å². The van der Waals surface area contributed by atoms with Crippen molar-refractivity contribution in [2.75, 3.05) is 6.61 Å². The van der Waals surface area contributed by atoms with Crippen LogP contribution in [-0.4, -0.2) is 28.6 Å². The maximum atomic E-state index is 12.0. The Morgan fingerprint density at radius 2 is 2.15 bits per heavy atom. The van der Waals surface area contributed by atoms with Crippen LogP contribution in [0.1, 0.15) is 39.2 Å². The molecule has 0 bridgehead atoms. The Balaban J connectivity index is 3.25. The summed E-state index contributed by atoms with van der Waals surface area (Å²) in [7, 11) is 0. The zero-order valence-electron chi connectivity index (χ0n) is 12.4. The highest BCUT2D eigenvalue weighted by atomic mass is 16.5. The lowest BCUT2D eigenvalue weighted by atomic mass is 9.91. The number of aromatic nitrogens is 2. The van der Waals surface area contributed by atoms with Gasteiger partial charge in [-0.15, -0.1) is 0 Å². The molecule has 1 rings (SSSR count). The number of ether oxygens (including phenoxy) is 2. The first-order valence-electron chi connectivity index (χ1n) is 6.44. The van der Waals surface area contributed by atoms with Crippen LogP contribution in [0.25, 0.3) is 0 Å². The van der Waals surface area contributed by atoms with Crippen molar-refractivity contribution in [2.24, 2.45) is 0 Å². The standard InChI is InChI=1S/C14H19N3O3/c1-6-19-13(18)14(5,8-15)12-16-10(4)7-11(17-12)20-9(2)3/h7,9H,6H2,1-5H3. The third kappa shape index (κ3) is 3.44. The molecule has 0 N–H and O–H groups in total. The third-order valence-corrected chi connectivity index (χ3v) is 2.54. The fourth-order valence-corrected chi connectivity index (χ4v) is 1.53. The summed E-state index contributed by atoms with van der Waals surface area (Å²) in [5.41, 5.74) is -0.923. The second-order valence-corrected chi connectivity index (χ2v) is 4.80. The fourth-order valence-electron chi connectivity index (χ4n) is 1.53. The molecule has 1 aromatic heterocycles. The number of rotatable bonds is 5.